The number of aryl methyl sites for hydroxylation is 1. The smallest absolute Gasteiger partial charge is 0.343 e. The average molecular weight is 683 g/mol. The summed E-state index contributed by atoms with van der Waals surface area (Å²) in [5, 5.41) is 0. The summed E-state index contributed by atoms with van der Waals surface area (Å²) in [5.74, 6) is 0.360. The van der Waals surface area contributed by atoms with Crippen molar-refractivity contribution in [3.05, 3.63) is 89.5 Å². The van der Waals surface area contributed by atoms with Crippen LogP contribution in [0.15, 0.2) is 72.8 Å². The van der Waals surface area contributed by atoms with E-state index in [2.05, 4.69) is 51.1 Å². The van der Waals surface area contributed by atoms with Crippen molar-refractivity contribution in [2.45, 2.75) is 175 Å². The molecule has 3 aromatic carbocycles. The Labute approximate surface area is 307 Å². The third kappa shape index (κ3) is 17.3. The number of unbranched alkanes of at least 4 members (excludes halogenated alkanes) is 20. The molecule has 1 unspecified atom stereocenters. The number of ether oxygens (including phenoxy) is 2. The van der Waals surface area contributed by atoms with Gasteiger partial charge in [-0.15, -0.1) is 0 Å². The van der Waals surface area contributed by atoms with Gasteiger partial charge in [-0.05, 0) is 66.6 Å². The number of carbonyl (C=O) groups excluding carboxylic acids is 1. The van der Waals surface area contributed by atoms with Gasteiger partial charge in [0.1, 0.15) is 5.75 Å². The zero-order valence-electron chi connectivity index (χ0n) is 32.2. The standard InChI is InChI=1S/C47H70O3/c1-4-6-8-10-11-12-13-14-15-16-17-18-19-20-21-22-23-27-39-49-40(3)41-31-33-42(34-32-41)43-35-37-45(38-36-43)47(48)50-46-30-26-25-29-44(46)28-24-9-7-5-2/h25-26,29-38,40H,4-24,27-28,39H2,1-3H3. The molecule has 1 atom stereocenters. The predicted molar refractivity (Wildman–Crippen MR) is 214 cm³/mol. The van der Waals surface area contributed by atoms with E-state index in [0.29, 0.717) is 11.3 Å². The lowest BCUT2D eigenvalue weighted by atomic mass is 10.0. The van der Waals surface area contributed by atoms with Crippen LogP contribution in [0.4, 0.5) is 0 Å². The Morgan fingerprint density at radius 2 is 0.960 bits per heavy atom. The predicted octanol–water partition coefficient (Wildman–Crippen LogP) is 14.8. The van der Waals surface area contributed by atoms with Crippen molar-refractivity contribution in [1.29, 1.82) is 0 Å². The molecule has 0 aliphatic rings. The molecule has 0 aliphatic carbocycles. The second kappa shape index (κ2) is 26.8. The molecular formula is C47H70O3. The zero-order chi connectivity index (χ0) is 35.5. The van der Waals surface area contributed by atoms with E-state index in [1.807, 2.05) is 42.5 Å². The Bertz CT molecular complexity index is 1260. The van der Waals surface area contributed by atoms with Crippen LogP contribution < -0.4 is 4.74 Å². The lowest BCUT2D eigenvalue weighted by Crippen LogP contribution is -2.09. The quantitative estimate of drug-likeness (QED) is 0.0415. The number of rotatable bonds is 29. The molecule has 0 radical (unpaired) electrons. The van der Waals surface area contributed by atoms with Crippen LogP contribution in [0, 0.1) is 0 Å². The molecule has 0 aromatic heterocycles. The van der Waals surface area contributed by atoms with E-state index in [9.17, 15) is 4.79 Å². The van der Waals surface area contributed by atoms with Gasteiger partial charge in [-0.2, -0.15) is 0 Å². The van der Waals surface area contributed by atoms with Crippen LogP contribution in [0.1, 0.15) is 190 Å². The van der Waals surface area contributed by atoms with E-state index >= 15 is 0 Å². The lowest BCUT2D eigenvalue weighted by molar-refractivity contribution is 0.0627. The van der Waals surface area contributed by atoms with Crippen LogP contribution in [0.2, 0.25) is 0 Å². The third-order valence-electron chi connectivity index (χ3n) is 10.2. The summed E-state index contributed by atoms with van der Waals surface area (Å²) in [4.78, 5) is 12.9. The molecule has 0 fully saturated rings. The average Bonchev–Trinajstić information content (AvgIpc) is 3.15. The Morgan fingerprint density at radius 1 is 0.520 bits per heavy atom. The van der Waals surface area contributed by atoms with Gasteiger partial charge in [0.2, 0.25) is 0 Å². The second-order valence-electron chi connectivity index (χ2n) is 14.5. The van der Waals surface area contributed by atoms with E-state index in [-0.39, 0.29) is 12.1 Å². The van der Waals surface area contributed by atoms with Crippen LogP contribution in [-0.2, 0) is 11.2 Å². The van der Waals surface area contributed by atoms with E-state index in [1.165, 1.54) is 134 Å². The Balaban J connectivity index is 1.24. The van der Waals surface area contributed by atoms with Crippen LogP contribution in [0.25, 0.3) is 11.1 Å². The lowest BCUT2D eigenvalue weighted by Gasteiger charge is -2.14. The molecule has 3 aromatic rings. The number of benzene rings is 3. The van der Waals surface area contributed by atoms with Gasteiger partial charge in [0.15, 0.2) is 0 Å². The van der Waals surface area contributed by atoms with Gasteiger partial charge in [-0.3, -0.25) is 0 Å². The third-order valence-corrected chi connectivity index (χ3v) is 10.2. The molecule has 0 amide bonds. The van der Waals surface area contributed by atoms with Crippen molar-refractivity contribution in [3.63, 3.8) is 0 Å². The van der Waals surface area contributed by atoms with Gasteiger partial charge >= 0.3 is 5.97 Å². The van der Waals surface area contributed by atoms with Gasteiger partial charge in [0.05, 0.1) is 11.7 Å². The van der Waals surface area contributed by atoms with Crippen molar-refractivity contribution in [2.24, 2.45) is 0 Å². The maximum atomic E-state index is 12.9. The van der Waals surface area contributed by atoms with Crippen molar-refractivity contribution in [1.82, 2.24) is 0 Å². The van der Waals surface area contributed by atoms with Gasteiger partial charge in [-0.1, -0.05) is 197 Å². The molecule has 0 spiro atoms. The summed E-state index contributed by atoms with van der Waals surface area (Å²) in [6.45, 7) is 7.48. The molecule has 50 heavy (non-hydrogen) atoms. The minimum Gasteiger partial charge on any atom is -0.423 e. The summed E-state index contributed by atoms with van der Waals surface area (Å²) in [5.41, 5.74) is 5.07. The molecular weight excluding hydrogens is 613 g/mol. The fraction of sp³-hybridized carbons (Fsp3) is 0.596. The van der Waals surface area contributed by atoms with Crippen LogP contribution in [0.5, 0.6) is 5.75 Å². The molecule has 0 bridgehead atoms. The fourth-order valence-corrected chi connectivity index (χ4v) is 6.82. The van der Waals surface area contributed by atoms with Gasteiger partial charge in [0, 0.05) is 6.61 Å². The first kappa shape index (κ1) is 41.5. The molecule has 276 valence electrons. The maximum Gasteiger partial charge on any atom is 0.343 e. The van der Waals surface area contributed by atoms with E-state index < -0.39 is 0 Å². The van der Waals surface area contributed by atoms with Gasteiger partial charge < -0.3 is 9.47 Å². The topological polar surface area (TPSA) is 35.5 Å². The molecule has 0 aliphatic heterocycles. The fourth-order valence-electron chi connectivity index (χ4n) is 6.82. The summed E-state index contributed by atoms with van der Waals surface area (Å²) in [7, 11) is 0. The van der Waals surface area contributed by atoms with E-state index in [1.54, 1.807) is 0 Å². The zero-order valence-corrected chi connectivity index (χ0v) is 32.2. The molecule has 0 heterocycles. The summed E-state index contributed by atoms with van der Waals surface area (Å²) in [6, 6.07) is 24.3. The SMILES string of the molecule is CCCCCCCCCCCCCCCCCCCCOC(C)c1ccc(-c2ccc(C(=O)Oc3ccccc3CCCCCC)cc2)cc1. The molecule has 3 nitrogen and oxygen atoms in total. The number of hydrogen-bond donors (Lipinski definition) is 0. The minimum absolute atomic E-state index is 0.0847. The van der Waals surface area contributed by atoms with Crippen molar-refractivity contribution < 1.29 is 14.3 Å². The van der Waals surface area contributed by atoms with E-state index in [4.69, 9.17) is 9.47 Å². The number of carbonyl (C=O) groups is 1. The molecule has 0 saturated heterocycles. The van der Waals surface area contributed by atoms with Gasteiger partial charge in [-0.25, -0.2) is 4.79 Å². The van der Waals surface area contributed by atoms with Crippen molar-refractivity contribution in [3.8, 4) is 16.9 Å². The highest BCUT2D eigenvalue weighted by Gasteiger charge is 2.12. The number of esters is 1. The van der Waals surface area contributed by atoms with Crippen LogP contribution >= 0.6 is 0 Å². The summed E-state index contributed by atoms with van der Waals surface area (Å²) < 4.78 is 12.0. The highest BCUT2D eigenvalue weighted by molar-refractivity contribution is 5.91. The normalized spacial score (nSPS) is 11.9. The largest absolute Gasteiger partial charge is 0.423 e. The highest BCUT2D eigenvalue weighted by atomic mass is 16.5. The molecule has 0 N–H and O–H groups in total. The first-order valence-electron chi connectivity index (χ1n) is 20.7. The monoisotopic (exact) mass is 683 g/mol. The van der Waals surface area contributed by atoms with Crippen LogP contribution in [0.3, 0.4) is 0 Å². The Hall–Kier alpha value is -2.91. The molecule has 3 rings (SSSR count). The minimum atomic E-state index is -0.311. The van der Waals surface area contributed by atoms with Gasteiger partial charge in [0.25, 0.3) is 0 Å². The number of para-hydroxylation sites is 1. The summed E-state index contributed by atoms with van der Waals surface area (Å²) >= 11 is 0. The van der Waals surface area contributed by atoms with Crippen LogP contribution in [-0.4, -0.2) is 12.6 Å². The molecule has 0 saturated carbocycles. The summed E-state index contributed by atoms with van der Waals surface area (Å²) in [6.07, 6.45) is 30.9. The maximum absolute atomic E-state index is 12.9. The number of hydrogen-bond acceptors (Lipinski definition) is 3. The van der Waals surface area contributed by atoms with E-state index in [0.717, 1.165) is 42.6 Å². The van der Waals surface area contributed by atoms with Crippen molar-refractivity contribution >= 4 is 5.97 Å². The second-order valence-corrected chi connectivity index (χ2v) is 14.5. The first-order valence-corrected chi connectivity index (χ1v) is 20.7. The highest BCUT2D eigenvalue weighted by Crippen LogP contribution is 2.26. The Kier molecular flexibility index (Phi) is 22.3. The Morgan fingerprint density at radius 3 is 1.48 bits per heavy atom. The first-order chi connectivity index (χ1) is 24.6. The van der Waals surface area contributed by atoms with Crippen molar-refractivity contribution in [2.75, 3.05) is 6.61 Å². The molecule has 3 heteroatoms.